The molecule has 2 rings (SSSR count). The van der Waals surface area contributed by atoms with Crippen molar-refractivity contribution in [2.24, 2.45) is 0 Å². The van der Waals surface area contributed by atoms with Crippen molar-refractivity contribution in [1.29, 1.82) is 0 Å². The Morgan fingerprint density at radius 1 is 1.23 bits per heavy atom. The standard InChI is InChI=1S/C18H28N4/c1-5-6-9-18(16-8-7-10-19-11-16)21(4)13-17-12-20-14-22(17)15(2)3/h7-8,10-12,14-15,18H,5-6,9,13H2,1-4H3. The van der Waals surface area contributed by atoms with Gasteiger partial charge in [-0.25, -0.2) is 4.98 Å². The highest BCUT2D eigenvalue weighted by Crippen LogP contribution is 2.26. The number of pyridine rings is 1. The average molecular weight is 300 g/mol. The Morgan fingerprint density at radius 2 is 2.05 bits per heavy atom. The highest BCUT2D eigenvalue weighted by molar-refractivity contribution is 5.14. The van der Waals surface area contributed by atoms with Gasteiger partial charge in [0.05, 0.1) is 12.0 Å². The average Bonchev–Trinajstić information content (AvgIpc) is 2.97. The largest absolute Gasteiger partial charge is 0.331 e. The molecule has 4 heteroatoms. The molecule has 4 nitrogen and oxygen atoms in total. The lowest BCUT2D eigenvalue weighted by atomic mass is 10.0. The van der Waals surface area contributed by atoms with Crippen molar-refractivity contribution < 1.29 is 0 Å². The van der Waals surface area contributed by atoms with Gasteiger partial charge in [-0.1, -0.05) is 25.8 Å². The number of hydrogen-bond donors (Lipinski definition) is 0. The molecule has 0 aliphatic heterocycles. The number of imidazole rings is 1. The molecule has 1 unspecified atom stereocenters. The summed E-state index contributed by atoms with van der Waals surface area (Å²) in [6.45, 7) is 7.54. The zero-order valence-corrected chi connectivity index (χ0v) is 14.2. The summed E-state index contributed by atoms with van der Waals surface area (Å²) in [4.78, 5) is 11.0. The Labute approximate surface area is 134 Å². The number of unbranched alkanes of at least 4 members (excludes halogenated alkanes) is 1. The summed E-state index contributed by atoms with van der Waals surface area (Å²) < 4.78 is 2.25. The second-order valence-corrected chi connectivity index (χ2v) is 6.25. The molecule has 2 heterocycles. The maximum atomic E-state index is 4.31. The van der Waals surface area contributed by atoms with Crippen molar-refractivity contribution in [3.63, 3.8) is 0 Å². The molecule has 2 aromatic rings. The van der Waals surface area contributed by atoms with E-state index in [9.17, 15) is 0 Å². The van der Waals surface area contributed by atoms with E-state index < -0.39 is 0 Å². The van der Waals surface area contributed by atoms with Gasteiger partial charge in [-0.05, 0) is 38.9 Å². The smallest absolute Gasteiger partial charge is 0.0951 e. The highest BCUT2D eigenvalue weighted by atomic mass is 15.2. The first-order chi connectivity index (χ1) is 10.6. The lowest BCUT2D eigenvalue weighted by Gasteiger charge is -2.29. The highest BCUT2D eigenvalue weighted by Gasteiger charge is 2.18. The summed E-state index contributed by atoms with van der Waals surface area (Å²) in [7, 11) is 2.20. The zero-order valence-electron chi connectivity index (χ0n) is 14.2. The van der Waals surface area contributed by atoms with Gasteiger partial charge in [0.2, 0.25) is 0 Å². The maximum Gasteiger partial charge on any atom is 0.0951 e. The third-order valence-corrected chi connectivity index (χ3v) is 4.15. The molecule has 22 heavy (non-hydrogen) atoms. The predicted octanol–water partition coefficient (Wildman–Crippen LogP) is 4.22. The molecule has 1 atom stereocenters. The minimum Gasteiger partial charge on any atom is -0.331 e. The van der Waals surface area contributed by atoms with Gasteiger partial charge >= 0.3 is 0 Å². The molecule has 120 valence electrons. The molecule has 0 fully saturated rings. The normalized spacial score (nSPS) is 13.0. The minimum atomic E-state index is 0.407. The van der Waals surface area contributed by atoms with Crippen LogP contribution in [-0.4, -0.2) is 26.5 Å². The summed E-state index contributed by atoms with van der Waals surface area (Å²) in [5.74, 6) is 0. The summed E-state index contributed by atoms with van der Waals surface area (Å²) in [5, 5.41) is 0. The Hall–Kier alpha value is -1.68. The third kappa shape index (κ3) is 4.17. The molecule has 0 aromatic carbocycles. The number of hydrogen-bond acceptors (Lipinski definition) is 3. The van der Waals surface area contributed by atoms with Gasteiger partial charge in [0.15, 0.2) is 0 Å². The quantitative estimate of drug-likeness (QED) is 0.732. The first-order valence-electron chi connectivity index (χ1n) is 8.24. The van der Waals surface area contributed by atoms with Crippen molar-refractivity contribution >= 4 is 0 Å². The lowest BCUT2D eigenvalue weighted by Crippen LogP contribution is -2.26. The summed E-state index contributed by atoms with van der Waals surface area (Å²) in [6, 6.07) is 5.06. The Balaban J connectivity index is 2.15. The van der Waals surface area contributed by atoms with Crippen molar-refractivity contribution in [3.8, 4) is 0 Å². The van der Waals surface area contributed by atoms with Crippen LogP contribution in [0, 0.1) is 0 Å². The predicted molar refractivity (Wildman–Crippen MR) is 90.6 cm³/mol. The van der Waals surface area contributed by atoms with Crippen LogP contribution in [-0.2, 0) is 6.54 Å². The van der Waals surface area contributed by atoms with Crippen LogP contribution in [0.1, 0.15) is 63.4 Å². The number of rotatable bonds is 8. The van der Waals surface area contributed by atoms with Crippen molar-refractivity contribution in [2.75, 3.05) is 7.05 Å². The molecule has 0 aliphatic carbocycles. The van der Waals surface area contributed by atoms with E-state index in [0.29, 0.717) is 12.1 Å². The molecule has 0 saturated heterocycles. The van der Waals surface area contributed by atoms with Gasteiger partial charge in [0.25, 0.3) is 0 Å². The zero-order chi connectivity index (χ0) is 15.9. The lowest BCUT2D eigenvalue weighted by molar-refractivity contribution is 0.214. The van der Waals surface area contributed by atoms with E-state index in [2.05, 4.69) is 53.3 Å². The van der Waals surface area contributed by atoms with Gasteiger partial charge in [0, 0.05) is 37.2 Å². The van der Waals surface area contributed by atoms with Crippen LogP contribution in [0.3, 0.4) is 0 Å². The van der Waals surface area contributed by atoms with Crippen molar-refractivity contribution in [3.05, 3.63) is 48.3 Å². The van der Waals surface area contributed by atoms with Crippen molar-refractivity contribution in [2.45, 2.75) is 58.7 Å². The van der Waals surface area contributed by atoms with Gasteiger partial charge < -0.3 is 4.57 Å². The first-order valence-corrected chi connectivity index (χ1v) is 8.24. The fourth-order valence-electron chi connectivity index (χ4n) is 2.90. The molecular weight excluding hydrogens is 272 g/mol. The number of nitrogens with zero attached hydrogens (tertiary/aromatic N) is 4. The van der Waals surface area contributed by atoms with Gasteiger partial charge in [-0.3, -0.25) is 9.88 Å². The molecule has 0 amide bonds. The second kappa shape index (κ2) is 8.08. The van der Waals surface area contributed by atoms with Crippen LogP contribution in [0.2, 0.25) is 0 Å². The molecular formula is C18H28N4. The van der Waals surface area contributed by atoms with E-state index in [1.54, 1.807) is 0 Å². The van der Waals surface area contributed by atoms with Gasteiger partial charge in [-0.15, -0.1) is 0 Å². The van der Waals surface area contributed by atoms with Crippen LogP contribution >= 0.6 is 0 Å². The van der Waals surface area contributed by atoms with Crippen LogP contribution in [0.15, 0.2) is 37.1 Å². The number of aromatic nitrogens is 3. The monoisotopic (exact) mass is 300 g/mol. The second-order valence-electron chi connectivity index (χ2n) is 6.25. The molecule has 2 aromatic heterocycles. The van der Waals surface area contributed by atoms with Crippen LogP contribution in [0.5, 0.6) is 0 Å². The summed E-state index contributed by atoms with van der Waals surface area (Å²) in [6.07, 6.45) is 11.4. The SMILES string of the molecule is CCCCC(c1cccnc1)N(C)Cc1cncn1C(C)C. The van der Waals surface area contributed by atoms with E-state index in [1.165, 1.54) is 24.1 Å². The summed E-state index contributed by atoms with van der Waals surface area (Å²) >= 11 is 0. The molecule has 0 saturated carbocycles. The molecule has 0 spiro atoms. The fraction of sp³-hybridized carbons (Fsp3) is 0.556. The van der Waals surface area contributed by atoms with E-state index in [1.807, 2.05) is 31.0 Å². The van der Waals surface area contributed by atoms with E-state index in [0.717, 1.165) is 13.0 Å². The third-order valence-electron chi connectivity index (χ3n) is 4.15. The van der Waals surface area contributed by atoms with E-state index in [4.69, 9.17) is 0 Å². The minimum absolute atomic E-state index is 0.407. The van der Waals surface area contributed by atoms with Crippen LogP contribution in [0.4, 0.5) is 0 Å². The molecule has 0 N–H and O–H groups in total. The van der Waals surface area contributed by atoms with Crippen LogP contribution in [0.25, 0.3) is 0 Å². The summed E-state index contributed by atoms with van der Waals surface area (Å²) in [5.41, 5.74) is 2.57. The Bertz CT molecular complexity index is 547. The van der Waals surface area contributed by atoms with E-state index >= 15 is 0 Å². The molecule has 0 aliphatic rings. The van der Waals surface area contributed by atoms with E-state index in [-0.39, 0.29) is 0 Å². The van der Waals surface area contributed by atoms with Crippen molar-refractivity contribution in [1.82, 2.24) is 19.4 Å². The Kier molecular flexibility index (Phi) is 6.13. The molecule has 0 bridgehead atoms. The van der Waals surface area contributed by atoms with Crippen LogP contribution < -0.4 is 0 Å². The maximum absolute atomic E-state index is 4.31. The topological polar surface area (TPSA) is 34.0 Å². The molecule has 0 radical (unpaired) electrons. The van der Waals surface area contributed by atoms with Gasteiger partial charge in [0.1, 0.15) is 0 Å². The fourth-order valence-corrected chi connectivity index (χ4v) is 2.90. The van der Waals surface area contributed by atoms with Gasteiger partial charge in [-0.2, -0.15) is 0 Å². The first kappa shape index (κ1) is 16.7. The Morgan fingerprint density at radius 3 is 2.68 bits per heavy atom.